The lowest BCUT2D eigenvalue weighted by molar-refractivity contribution is -0.138. The monoisotopic (exact) mass is 160 g/mol. The molecule has 1 aliphatic rings. The minimum atomic E-state index is -0.632. The molecule has 0 heterocycles. The van der Waals surface area contributed by atoms with Gasteiger partial charge >= 0.3 is 5.97 Å². The van der Waals surface area contributed by atoms with Crippen molar-refractivity contribution in [3.05, 3.63) is 0 Å². The van der Waals surface area contributed by atoms with Gasteiger partial charge in [-0.2, -0.15) is 0 Å². The highest BCUT2D eigenvalue weighted by atomic mass is 16.4. The Morgan fingerprint density at radius 2 is 1.82 bits per heavy atom. The molecule has 0 amide bonds. The van der Waals surface area contributed by atoms with E-state index in [1.807, 2.05) is 0 Å². The third-order valence-corrected chi connectivity index (χ3v) is 2.19. The number of hydrogen-bond acceptors (Lipinski definition) is 1. The van der Waals surface area contributed by atoms with Gasteiger partial charge in [0.15, 0.2) is 0 Å². The molecule has 0 saturated heterocycles. The third kappa shape index (κ3) is 3.98. The van der Waals surface area contributed by atoms with Crippen LogP contribution in [0.1, 0.15) is 38.5 Å². The Morgan fingerprint density at radius 1 is 1.27 bits per heavy atom. The molecule has 0 atom stereocenters. The van der Waals surface area contributed by atoms with Gasteiger partial charge in [-0.1, -0.05) is 19.3 Å². The van der Waals surface area contributed by atoms with Crippen LogP contribution in [0.2, 0.25) is 0 Å². The van der Waals surface area contributed by atoms with E-state index in [-0.39, 0.29) is 5.48 Å². The van der Waals surface area contributed by atoms with Gasteiger partial charge in [-0.3, -0.25) is 4.79 Å². The Kier molecular flexibility index (Phi) is 4.86. The maximum absolute atomic E-state index is 10.3. The van der Waals surface area contributed by atoms with Crippen molar-refractivity contribution >= 4 is 5.97 Å². The third-order valence-electron chi connectivity index (χ3n) is 2.19. The molecule has 0 radical (unpaired) electrons. The van der Waals surface area contributed by atoms with Crippen molar-refractivity contribution in [1.82, 2.24) is 0 Å². The van der Waals surface area contributed by atoms with Gasteiger partial charge in [0.2, 0.25) is 0 Å². The summed E-state index contributed by atoms with van der Waals surface area (Å²) in [5.41, 5.74) is 0. The van der Waals surface area contributed by atoms with Crippen molar-refractivity contribution in [3.63, 3.8) is 0 Å². The van der Waals surface area contributed by atoms with Crippen LogP contribution in [0.4, 0.5) is 0 Å². The molecule has 3 heteroatoms. The molecule has 3 N–H and O–H groups in total. The van der Waals surface area contributed by atoms with Crippen LogP contribution in [0.15, 0.2) is 0 Å². The first kappa shape index (κ1) is 10.4. The molecule has 1 rings (SSSR count). The Hall–Kier alpha value is -0.570. The van der Waals surface area contributed by atoms with E-state index in [4.69, 9.17) is 5.11 Å². The van der Waals surface area contributed by atoms with E-state index in [9.17, 15) is 4.79 Å². The van der Waals surface area contributed by atoms with Gasteiger partial charge in [-0.05, 0) is 18.8 Å². The Bertz CT molecular complexity index is 117. The zero-order chi connectivity index (χ0) is 7.40. The minimum Gasteiger partial charge on any atom is -0.481 e. The van der Waals surface area contributed by atoms with Gasteiger partial charge < -0.3 is 10.6 Å². The van der Waals surface area contributed by atoms with E-state index >= 15 is 0 Å². The van der Waals surface area contributed by atoms with E-state index in [0.717, 1.165) is 12.8 Å². The predicted octanol–water partition coefficient (Wildman–Crippen LogP) is 1.22. The number of hydrogen-bond donors (Lipinski definition) is 1. The highest BCUT2D eigenvalue weighted by Gasteiger charge is 2.15. The fourth-order valence-electron chi connectivity index (χ4n) is 1.64. The number of rotatable bonds is 2. The largest absolute Gasteiger partial charge is 0.481 e. The average Bonchev–Trinajstić information content (AvgIpc) is 1.88. The molecule has 11 heavy (non-hydrogen) atoms. The summed E-state index contributed by atoms with van der Waals surface area (Å²) in [6.45, 7) is 0. The molecular formula is C8H16O3. The summed E-state index contributed by atoms with van der Waals surface area (Å²) in [6.07, 6.45) is 6.42. The van der Waals surface area contributed by atoms with Gasteiger partial charge in [-0.15, -0.1) is 0 Å². The van der Waals surface area contributed by atoms with Crippen LogP contribution in [0.25, 0.3) is 0 Å². The molecule has 66 valence electrons. The Balaban J connectivity index is 0.000001000. The fourth-order valence-corrected chi connectivity index (χ4v) is 1.64. The van der Waals surface area contributed by atoms with Crippen molar-refractivity contribution < 1.29 is 15.4 Å². The second-order valence-electron chi connectivity index (χ2n) is 3.10. The van der Waals surface area contributed by atoms with E-state index in [1.165, 1.54) is 19.3 Å². The van der Waals surface area contributed by atoms with Crippen molar-refractivity contribution in [1.29, 1.82) is 0 Å². The maximum atomic E-state index is 10.3. The first-order valence-corrected chi connectivity index (χ1v) is 4.01. The summed E-state index contributed by atoms with van der Waals surface area (Å²) in [5.74, 6) is -0.154. The van der Waals surface area contributed by atoms with Crippen LogP contribution in [0, 0.1) is 5.92 Å². The fraction of sp³-hybridized carbons (Fsp3) is 0.875. The Morgan fingerprint density at radius 3 is 2.27 bits per heavy atom. The normalized spacial score (nSPS) is 18.9. The number of carboxylic acids is 1. The van der Waals surface area contributed by atoms with Crippen LogP contribution in [0.3, 0.4) is 0 Å². The minimum absolute atomic E-state index is 0. The van der Waals surface area contributed by atoms with Gasteiger partial charge in [0.05, 0.1) is 0 Å². The zero-order valence-corrected chi connectivity index (χ0v) is 6.68. The lowest BCUT2D eigenvalue weighted by Gasteiger charge is -2.18. The summed E-state index contributed by atoms with van der Waals surface area (Å²) >= 11 is 0. The first-order valence-electron chi connectivity index (χ1n) is 4.01. The van der Waals surface area contributed by atoms with Gasteiger partial charge in [0, 0.05) is 6.42 Å². The molecule has 0 aromatic heterocycles. The summed E-state index contributed by atoms with van der Waals surface area (Å²) < 4.78 is 0. The molecule has 0 spiro atoms. The maximum Gasteiger partial charge on any atom is 0.303 e. The molecule has 0 aromatic carbocycles. The highest BCUT2D eigenvalue weighted by molar-refractivity contribution is 5.66. The number of carboxylic acid groups (broad SMARTS) is 1. The SMILES string of the molecule is O.O=C(O)CC1CCCCC1. The Labute approximate surface area is 66.7 Å². The van der Waals surface area contributed by atoms with Crippen molar-refractivity contribution in [2.45, 2.75) is 38.5 Å². The molecule has 1 fully saturated rings. The molecule has 1 aliphatic carbocycles. The van der Waals surface area contributed by atoms with Gasteiger partial charge in [0.25, 0.3) is 0 Å². The summed E-state index contributed by atoms with van der Waals surface area (Å²) in [7, 11) is 0. The topological polar surface area (TPSA) is 68.8 Å². The molecular weight excluding hydrogens is 144 g/mol. The molecule has 0 unspecified atom stereocenters. The van der Waals surface area contributed by atoms with Crippen molar-refractivity contribution in [3.8, 4) is 0 Å². The molecule has 0 bridgehead atoms. The van der Waals surface area contributed by atoms with Crippen LogP contribution in [-0.4, -0.2) is 16.6 Å². The average molecular weight is 160 g/mol. The molecule has 3 nitrogen and oxygen atoms in total. The van der Waals surface area contributed by atoms with Crippen LogP contribution >= 0.6 is 0 Å². The summed E-state index contributed by atoms with van der Waals surface area (Å²) in [5, 5.41) is 8.47. The summed E-state index contributed by atoms with van der Waals surface area (Å²) in [4.78, 5) is 10.3. The predicted molar refractivity (Wildman–Crippen MR) is 42.4 cm³/mol. The lowest BCUT2D eigenvalue weighted by Crippen LogP contribution is -2.10. The van der Waals surface area contributed by atoms with Crippen LogP contribution in [-0.2, 0) is 4.79 Å². The smallest absolute Gasteiger partial charge is 0.303 e. The van der Waals surface area contributed by atoms with Crippen molar-refractivity contribution in [2.24, 2.45) is 5.92 Å². The highest BCUT2D eigenvalue weighted by Crippen LogP contribution is 2.25. The van der Waals surface area contributed by atoms with Crippen molar-refractivity contribution in [2.75, 3.05) is 0 Å². The van der Waals surface area contributed by atoms with Gasteiger partial charge in [0.1, 0.15) is 0 Å². The zero-order valence-electron chi connectivity index (χ0n) is 6.68. The van der Waals surface area contributed by atoms with E-state index < -0.39 is 5.97 Å². The number of carbonyl (C=O) groups is 1. The van der Waals surface area contributed by atoms with E-state index in [1.54, 1.807) is 0 Å². The standard InChI is InChI=1S/C8H14O2.H2O/c9-8(10)6-7-4-2-1-3-5-7;/h7H,1-6H2,(H,9,10);1H2. The summed E-state index contributed by atoms with van der Waals surface area (Å²) in [6, 6.07) is 0. The van der Waals surface area contributed by atoms with Crippen LogP contribution < -0.4 is 0 Å². The number of aliphatic carboxylic acids is 1. The second-order valence-corrected chi connectivity index (χ2v) is 3.10. The molecule has 1 saturated carbocycles. The quantitative estimate of drug-likeness (QED) is 0.659. The first-order chi connectivity index (χ1) is 4.79. The van der Waals surface area contributed by atoms with Gasteiger partial charge in [-0.25, -0.2) is 0 Å². The van der Waals surface area contributed by atoms with E-state index in [0.29, 0.717) is 12.3 Å². The van der Waals surface area contributed by atoms with Crippen LogP contribution in [0.5, 0.6) is 0 Å². The lowest BCUT2D eigenvalue weighted by atomic mass is 9.87. The van der Waals surface area contributed by atoms with E-state index in [2.05, 4.69) is 0 Å². The second kappa shape index (κ2) is 5.13. The molecule has 0 aromatic rings. The molecule has 0 aliphatic heterocycles.